The smallest absolute Gasteiger partial charge is 0.279 e. The fourth-order valence-electron chi connectivity index (χ4n) is 5.05. The maximum Gasteiger partial charge on any atom is 0.279 e. The molecule has 1 aliphatic rings. The van der Waals surface area contributed by atoms with Crippen LogP contribution < -0.4 is 20.9 Å². The minimum absolute atomic E-state index is 0.0562. The van der Waals surface area contributed by atoms with Crippen LogP contribution in [0.2, 0.25) is 0 Å². The number of rotatable bonds is 8. The molecule has 2 aromatic heterocycles. The van der Waals surface area contributed by atoms with Gasteiger partial charge in [-0.15, -0.1) is 0 Å². The minimum Gasteiger partial charge on any atom is -0.341 e. The van der Waals surface area contributed by atoms with Crippen LogP contribution in [0.25, 0.3) is 11.2 Å². The van der Waals surface area contributed by atoms with Crippen LogP contribution >= 0.6 is 0 Å². The largest absolute Gasteiger partial charge is 0.341 e. The third kappa shape index (κ3) is 5.58. The predicted molar refractivity (Wildman–Crippen MR) is 150 cm³/mol. The van der Waals surface area contributed by atoms with E-state index in [1.807, 2.05) is 47.0 Å². The van der Waals surface area contributed by atoms with Gasteiger partial charge in [0.05, 0.1) is 18.5 Å². The monoisotopic (exact) mass is 535 g/mol. The summed E-state index contributed by atoms with van der Waals surface area (Å²) < 4.78 is 29.7. The zero-order chi connectivity index (χ0) is 26.9. The molecule has 4 aromatic rings. The maximum atomic E-state index is 13.7. The van der Waals surface area contributed by atoms with Crippen LogP contribution in [0.3, 0.4) is 0 Å². The van der Waals surface area contributed by atoms with Gasteiger partial charge in [-0.25, -0.2) is 13.4 Å². The molecule has 11 heteroatoms. The second kappa shape index (κ2) is 10.6. The molecular formula is C27H33N7O3S. The second-order valence-corrected chi connectivity index (χ2v) is 11.7. The van der Waals surface area contributed by atoms with E-state index in [1.165, 1.54) is 0 Å². The standard InChI is InChI=1S/C27H33N7O3S/c1-32-23(15-14-20-11-6-7-13-22(20)31-38(2,36)37)29-25-24(26(32)35)34(17-19-9-4-3-5-10-19)27(30-25)33-16-8-12-21(28)18-33/h3-7,9-11,13,21,31H,8,12,14-18,28H2,1-2H3. The number of sulfonamides is 1. The van der Waals surface area contributed by atoms with Crippen LogP contribution in [0.1, 0.15) is 29.8 Å². The Hall–Kier alpha value is -3.70. The quantitative estimate of drug-likeness (QED) is 0.354. The van der Waals surface area contributed by atoms with E-state index in [2.05, 4.69) is 9.62 Å². The number of para-hydroxylation sites is 1. The molecule has 0 aliphatic carbocycles. The zero-order valence-corrected chi connectivity index (χ0v) is 22.5. The van der Waals surface area contributed by atoms with E-state index < -0.39 is 10.0 Å². The molecule has 1 aliphatic heterocycles. The number of nitrogens with zero attached hydrogens (tertiary/aromatic N) is 5. The summed E-state index contributed by atoms with van der Waals surface area (Å²) in [5.74, 6) is 1.30. The Morgan fingerprint density at radius 3 is 2.53 bits per heavy atom. The van der Waals surface area contributed by atoms with Gasteiger partial charge in [-0.2, -0.15) is 4.98 Å². The second-order valence-electron chi connectivity index (χ2n) is 9.93. The fraction of sp³-hybridized carbons (Fsp3) is 0.370. The molecule has 0 saturated carbocycles. The van der Waals surface area contributed by atoms with Crippen molar-refractivity contribution in [1.82, 2.24) is 19.1 Å². The van der Waals surface area contributed by atoms with Gasteiger partial charge in [0, 0.05) is 32.6 Å². The summed E-state index contributed by atoms with van der Waals surface area (Å²) in [6, 6.07) is 17.3. The average molecular weight is 536 g/mol. The van der Waals surface area contributed by atoms with E-state index in [4.69, 9.17) is 15.7 Å². The molecule has 1 atom stereocenters. The van der Waals surface area contributed by atoms with Crippen molar-refractivity contribution in [1.29, 1.82) is 0 Å². The lowest BCUT2D eigenvalue weighted by atomic mass is 10.1. The summed E-state index contributed by atoms with van der Waals surface area (Å²) in [7, 11) is -1.69. The van der Waals surface area contributed by atoms with Crippen molar-refractivity contribution < 1.29 is 8.42 Å². The summed E-state index contributed by atoms with van der Waals surface area (Å²) in [5, 5.41) is 0. The summed E-state index contributed by atoms with van der Waals surface area (Å²) in [6.07, 6.45) is 4.01. The van der Waals surface area contributed by atoms with Crippen LogP contribution in [0.5, 0.6) is 0 Å². The van der Waals surface area contributed by atoms with Crippen molar-refractivity contribution >= 4 is 32.8 Å². The number of nitrogens with one attached hydrogen (secondary N) is 1. The lowest BCUT2D eigenvalue weighted by Gasteiger charge is -2.31. The molecule has 0 amide bonds. The fourth-order valence-corrected chi connectivity index (χ4v) is 5.65. The molecule has 10 nitrogen and oxygen atoms in total. The lowest BCUT2D eigenvalue weighted by Crippen LogP contribution is -2.44. The first kappa shape index (κ1) is 25.9. The number of nitrogens with two attached hydrogens (primary N) is 1. The molecule has 3 N–H and O–H groups in total. The van der Waals surface area contributed by atoms with E-state index in [1.54, 1.807) is 23.7 Å². The summed E-state index contributed by atoms with van der Waals surface area (Å²) in [5.41, 5.74) is 9.41. The first-order chi connectivity index (χ1) is 18.2. The highest BCUT2D eigenvalue weighted by molar-refractivity contribution is 7.92. The number of hydrogen-bond donors (Lipinski definition) is 2. The molecule has 2 aromatic carbocycles. The average Bonchev–Trinajstić information content (AvgIpc) is 3.24. The van der Waals surface area contributed by atoms with Crippen molar-refractivity contribution in [2.24, 2.45) is 12.8 Å². The van der Waals surface area contributed by atoms with Gasteiger partial charge in [-0.1, -0.05) is 48.5 Å². The summed E-state index contributed by atoms with van der Waals surface area (Å²) >= 11 is 0. The molecule has 1 saturated heterocycles. The lowest BCUT2D eigenvalue weighted by molar-refractivity contribution is 0.495. The Balaban J connectivity index is 1.54. The molecular weight excluding hydrogens is 502 g/mol. The molecule has 1 unspecified atom stereocenters. The van der Waals surface area contributed by atoms with Gasteiger partial charge in [-0.05, 0) is 36.5 Å². The van der Waals surface area contributed by atoms with Gasteiger partial charge in [0.1, 0.15) is 5.82 Å². The maximum absolute atomic E-state index is 13.7. The van der Waals surface area contributed by atoms with Gasteiger partial charge >= 0.3 is 0 Å². The Labute approximate surface area is 222 Å². The van der Waals surface area contributed by atoms with Crippen molar-refractivity contribution in [2.75, 3.05) is 29.0 Å². The van der Waals surface area contributed by atoms with Crippen molar-refractivity contribution in [3.63, 3.8) is 0 Å². The molecule has 0 radical (unpaired) electrons. The highest BCUT2D eigenvalue weighted by Gasteiger charge is 2.25. The minimum atomic E-state index is -3.42. The van der Waals surface area contributed by atoms with Gasteiger partial charge in [0.25, 0.3) is 5.56 Å². The Morgan fingerprint density at radius 2 is 1.79 bits per heavy atom. The SMILES string of the molecule is Cn1c(CCc2ccccc2NS(C)(=O)=O)nc2nc(N3CCCC(N)C3)n(Cc3ccccc3)c2c1=O. The number of fused-ring (bicyclic) bond motifs is 1. The normalized spacial score (nSPS) is 16.2. The van der Waals surface area contributed by atoms with Gasteiger partial charge in [-0.3, -0.25) is 18.7 Å². The molecule has 200 valence electrons. The van der Waals surface area contributed by atoms with Gasteiger partial charge in [0.2, 0.25) is 16.0 Å². The summed E-state index contributed by atoms with van der Waals surface area (Å²) in [6.45, 7) is 2.00. The topological polar surface area (TPSA) is 128 Å². The number of hydrogen-bond acceptors (Lipinski definition) is 7. The molecule has 3 heterocycles. The zero-order valence-electron chi connectivity index (χ0n) is 21.7. The number of aryl methyl sites for hydroxylation is 2. The van der Waals surface area contributed by atoms with Crippen LogP contribution in [-0.4, -0.2) is 52.9 Å². The molecule has 5 rings (SSSR count). The predicted octanol–water partition coefficient (Wildman–Crippen LogP) is 2.26. The third-order valence-electron chi connectivity index (χ3n) is 6.91. The third-order valence-corrected chi connectivity index (χ3v) is 7.50. The molecule has 0 bridgehead atoms. The van der Waals surface area contributed by atoms with Crippen LogP contribution in [-0.2, 0) is 36.5 Å². The summed E-state index contributed by atoms with van der Waals surface area (Å²) in [4.78, 5) is 25.6. The number of benzene rings is 2. The van der Waals surface area contributed by atoms with Crippen LogP contribution in [0.15, 0.2) is 59.4 Å². The highest BCUT2D eigenvalue weighted by atomic mass is 32.2. The van der Waals surface area contributed by atoms with Gasteiger partial charge < -0.3 is 10.6 Å². The highest BCUT2D eigenvalue weighted by Crippen LogP contribution is 2.25. The van der Waals surface area contributed by atoms with Crippen molar-refractivity contribution in [3.05, 3.63) is 81.9 Å². The molecule has 0 spiro atoms. The van der Waals surface area contributed by atoms with Crippen molar-refractivity contribution in [2.45, 2.75) is 38.3 Å². The van der Waals surface area contributed by atoms with E-state index in [0.717, 1.165) is 36.8 Å². The van der Waals surface area contributed by atoms with E-state index in [0.29, 0.717) is 54.6 Å². The van der Waals surface area contributed by atoms with E-state index >= 15 is 0 Å². The van der Waals surface area contributed by atoms with Crippen LogP contribution in [0.4, 0.5) is 11.6 Å². The van der Waals surface area contributed by atoms with Crippen LogP contribution in [0, 0.1) is 0 Å². The van der Waals surface area contributed by atoms with E-state index in [-0.39, 0.29) is 11.6 Å². The Kier molecular flexibility index (Phi) is 7.22. The Bertz CT molecular complexity index is 1610. The number of aromatic nitrogens is 4. The van der Waals surface area contributed by atoms with Gasteiger partial charge in [0.15, 0.2) is 11.2 Å². The first-order valence-electron chi connectivity index (χ1n) is 12.8. The number of piperidine rings is 1. The van der Waals surface area contributed by atoms with Crippen molar-refractivity contribution in [3.8, 4) is 0 Å². The van der Waals surface area contributed by atoms with E-state index in [9.17, 15) is 13.2 Å². The molecule has 38 heavy (non-hydrogen) atoms. The first-order valence-corrected chi connectivity index (χ1v) is 14.6. The number of imidazole rings is 1. The Morgan fingerprint density at radius 1 is 1.05 bits per heavy atom. The number of anilines is 2. The molecule has 1 fully saturated rings.